The average molecular weight is 379 g/mol. The fourth-order valence-electron chi connectivity index (χ4n) is 2.11. The number of fused-ring (bicyclic) bond motifs is 1. The number of para-hydroxylation sites is 1. The van der Waals surface area contributed by atoms with Crippen molar-refractivity contribution in [2.75, 3.05) is 18.2 Å². The van der Waals surface area contributed by atoms with Gasteiger partial charge in [-0.1, -0.05) is 35.5 Å². The zero-order valence-electron chi connectivity index (χ0n) is 12.9. The van der Waals surface area contributed by atoms with Gasteiger partial charge in [0.25, 0.3) is 0 Å². The highest BCUT2D eigenvalue weighted by Crippen LogP contribution is 2.30. The van der Waals surface area contributed by atoms with Gasteiger partial charge in [-0.3, -0.25) is 4.79 Å². The number of halogens is 1. The molecule has 1 aromatic heterocycles. The molecule has 0 radical (unpaired) electrons. The number of nitrogens with zero attached hydrogens (tertiary/aromatic N) is 1. The summed E-state index contributed by atoms with van der Waals surface area (Å²) >= 11 is 9.29. The van der Waals surface area contributed by atoms with E-state index in [1.807, 2.05) is 18.2 Å². The largest absolute Gasteiger partial charge is 0.495 e. The lowest BCUT2D eigenvalue weighted by Crippen LogP contribution is -2.12. The summed E-state index contributed by atoms with van der Waals surface area (Å²) in [5.74, 6) is 1.21. The summed E-state index contributed by atoms with van der Waals surface area (Å²) in [6.45, 7) is 0. The van der Waals surface area contributed by atoms with Crippen LogP contribution in [0.5, 0.6) is 5.75 Å². The number of amides is 1. The first-order chi connectivity index (χ1) is 11.7. The predicted octanol–water partition coefficient (Wildman–Crippen LogP) is 5.08. The molecule has 0 aliphatic rings. The molecule has 0 spiro atoms. The van der Waals surface area contributed by atoms with E-state index in [2.05, 4.69) is 16.4 Å². The zero-order valence-corrected chi connectivity index (χ0v) is 15.3. The third-order valence-corrected chi connectivity index (χ3v) is 5.74. The lowest BCUT2D eigenvalue weighted by molar-refractivity contribution is -0.115. The lowest BCUT2D eigenvalue weighted by Gasteiger charge is -2.07. The van der Waals surface area contributed by atoms with Crippen LogP contribution in [0.15, 0.2) is 46.8 Å². The molecule has 0 atom stereocenters. The molecule has 1 amide bonds. The maximum absolute atomic E-state index is 12.0. The van der Waals surface area contributed by atoms with Crippen LogP contribution in [0.3, 0.4) is 0 Å². The van der Waals surface area contributed by atoms with Crippen LogP contribution in [0.4, 0.5) is 5.69 Å². The van der Waals surface area contributed by atoms with Gasteiger partial charge in [-0.2, -0.15) is 0 Å². The normalized spacial score (nSPS) is 10.8. The Bertz CT molecular complexity index is 834. The number of hydrogen-bond acceptors (Lipinski definition) is 5. The number of nitrogens with one attached hydrogen (secondary N) is 1. The molecule has 0 bridgehead atoms. The molecule has 3 aromatic rings. The highest BCUT2D eigenvalue weighted by atomic mass is 35.5. The van der Waals surface area contributed by atoms with Crippen molar-refractivity contribution in [2.45, 2.75) is 10.8 Å². The van der Waals surface area contributed by atoms with Crippen molar-refractivity contribution in [1.82, 2.24) is 4.98 Å². The first-order valence-electron chi connectivity index (χ1n) is 7.27. The van der Waals surface area contributed by atoms with E-state index in [0.717, 1.165) is 14.6 Å². The fraction of sp³-hybridized carbons (Fsp3) is 0.176. The second kappa shape index (κ2) is 7.88. The number of aromatic nitrogens is 1. The van der Waals surface area contributed by atoms with Crippen molar-refractivity contribution in [3.8, 4) is 5.75 Å². The quantitative estimate of drug-likeness (QED) is 0.608. The Morgan fingerprint density at radius 1 is 1.33 bits per heavy atom. The van der Waals surface area contributed by atoms with Gasteiger partial charge < -0.3 is 10.1 Å². The van der Waals surface area contributed by atoms with E-state index >= 15 is 0 Å². The Hall–Kier alpha value is -1.76. The lowest BCUT2D eigenvalue weighted by atomic mass is 10.3. The molecule has 0 aliphatic heterocycles. The first-order valence-corrected chi connectivity index (χ1v) is 9.45. The van der Waals surface area contributed by atoms with E-state index < -0.39 is 0 Å². The van der Waals surface area contributed by atoms with Crippen molar-refractivity contribution in [3.63, 3.8) is 0 Å². The van der Waals surface area contributed by atoms with E-state index in [1.54, 1.807) is 48.4 Å². The topological polar surface area (TPSA) is 51.2 Å². The molecular weight excluding hydrogens is 364 g/mol. The van der Waals surface area contributed by atoms with Crippen molar-refractivity contribution in [2.24, 2.45) is 0 Å². The SMILES string of the molecule is COc1ccc(NC(=O)CCSc2nc3ccccc3s2)cc1Cl. The Balaban J connectivity index is 1.51. The average Bonchev–Trinajstić information content (AvgIpc) is 2.97. The van der Waals surface area contributed by atoms with Crippen LogP contribution in [-0.2, 0) is 4.79 Å². The van der Waals surface area contributed by atoms with Crippen LogP contribution in [0.1, 0.15) is 6.42 Å². The van der Waals surface area contributed by atoms with Gasteiger partial charge in [-0.15, -0.1) is 11.3 Å². The molecule has 1 N–H and O–H groups in total. The Morgan fingerprint density at radius 3 is 2.92 bits per heavy atom. The maximum atomic E-state index is 12.0. The first kappa shape index (κ1) is 17.1. The van der Waals surface area contributed by atoms with Gasteiger partial charge in [0.2, 0.25) is 5.91 Å². The highest BCUT2D eigenvalue weighted by Gasteiger charge is 2.08. The van der Waals surface area contributed by atoms with Crippen molar-refractivity contribution in [3.05, 3.63) is 47.5 Å². The van der Waals surface area contributed by atoms with Crippen LogP contribution in [0, 0.1) is 0 Å². The molecule has 1 heterocycles. The number of carbonyl (C=O) groups excluding carboxylic acids is 1. The monoisotopic (exact) mass is 378 g/mol. The summed E-state index contributed by atoms with van der Waals surface area (Å²) < 4.78 is 7.24. The number of methoxy groups -OCH3 is 1. The molecule has 0 saturated heterocycles. The van der Waals surface area contributed by atoms with E-state index in [0.29, 0.717) is 28.6 Å². The minimum absolute atomic E-state index is 0.0511. The van der Waals surface area contributed by atoms with E-state index in [1.165, 1.54) is 0 Å². The van der Waals surface area contributed by atoms with Gasteiger partial charge in [0, 0.05) is 17.9 Å². The third kappa shape index (κ3) is 4.20. The van der Waals surface area contributed by atoms with Gasteiger partial charge >= 0.3 is 0 Å². The van der Waals surface area contributed by atoms with Crippen LogP contribution in [0.2, 0.25) is 5.02 Å². The molecule has 7 heteroatoms. The number of rotatable bonds is 6. The van der Waals surface area contributed by atoms with Gasteiger partial charge in [-0.05, 0) is 30.3 Å². The highest BCUT2D eigenvalue weighted by molar-refractivity contribution is 8.01. The summed E-state index contributed by atoms with van der Waals surface area (Å²) in [6, 6.07) is 13.2. The number of thiazole rings is 1. The smallest absolute Gasteiger partial charge is 0.225 e. The summed E-state index contributed by atoms with van der Waals surface area (Å²) in [5.41, 5.74) is 1.66. The third-order valence-electron chi connectivity index (χ3n) is 3.26. The Morgan fingerprint density at radius 2 is 2.17 bits per heavy atom. The second-order valence-corrected chi connectivity index (χ2v) is 7.72. The molecule has 0 aliphatic carbocycles. The summed E-state index contributed by atoms with van der Waals surface area (Å²) in [4.78, 5) is 16.6. The van der Waals surface area contributed by atoms with Gasteiger partial charge in [0.05, 0.1) is 22.3 Å². The molecule has 0 saturated carbocycles. The van der Waals surface area contributed by atoms with Crippen molar-refractivity contribution >= 4 is 56.5 Å². The maximum Gasteiger partial charge on any atom is 0.225 e. The number of thioether (sulfide) groups is 1. The Kier molecular flexibility index (Phi) is 5.60. The van der Waals surface area contributed by atoms with E-state index in [4.69, 9.17) is 16.3 Å². The van der Waals surface area contributed by atoms with Crippen LogP contribution >= 0.6 is 34.7 Å². The van der Waals surface area contributed by atoms with Crippen LogP contribution < -0.4 is 10.1 Å². The van der Waals surface area contributed by atoms with Crippen LogP contribution in [0.25, 0.3) is 10.2 Å². The molecule has 0 unspecified atom stereocenters. The number of benzene rings is 2. The van der Waals surface area contributed by atoms with Gasteiger partial charge in [0.15, 0.2) is 4.34 Å². The molecule has 124 valence electrons. The molecule has 4 nitrogen and oxygen atoms in total. The summed E-state index contributed by atoms with van der Waals surface area (Å²) in [7, 11) is 1.55. The number of hydrogen-bond donors (Lipinski definition) is 1. The fourth-order valence-corrected chi connectivity index (χ4v) is 4.45. The Labute approximate surface area is 153 Å². The van der Waals surface area contributed by atoms with Gasteiger partial charge in [-0.25, -0.2) is 4.98 Å². The molecule has 0 fully saturated rings. The van der Waals surface area contributed by atoms with Gasteiger partial charge in [0.1, 0.15) is 5.75 Å². The minimum Gasteiger partial charge on any atom is -0.495 e. The van der Waals surface area contributed by atoms with E-state index in [9.17, 15) is 4.79 Å². The standard InChI is InChI=1S/C17H15ClN2O2S2/c1-22-14-7-6-11(10-12(14)18)19-16(21)8-9-23-17-20-13-4-2-3-5-15(13)24-17/h2-7,10H,8-9H2,1H3,(H,19,21). The summed E-state index contributed by atoms with van der Waals surface area (Å²) in [5, 5.41) is 3.31. The molecule has 24 heavy (non-hydrogen) atoms. The number of ether oxygens (including phenoxy) is 1. The molecule has 3 rings (SSSR count). The van der Waals surface area contributed by atoms with Crippen LogP contribution in [-0.4, -0.2) is 23.8 Å². The minimum atomic E-state index is -0.0511. The van der Waals surface area contributed by atoms with Crippen molar-refractivity contribution < 1.29 is 9.53 Å². The zero-order chi connectivity index (χ0) is 16.9. The summed E-state index contributed by atoms with van der Waals surface area (Å²) in [6.07, 6.45) is 0.407. The predicted molar refractivity (Wildman–Crippen MR) is 102 cm³/mol. The van der Waals surface area contributed by atoms with Crippen molar-refractivity contribution in [1.29, 1.82) is 0 Å². The number of carbonyl (C=O) groups is 1. The molecule has 2 aromatic carbocycles. The second-order valence-electron chi connectivity index (χ2n) is 4.94. The van der Waals surface area contributed by atoms with E-state index in [-0.39, 0.29) is 5.91 Å². The number of anilines is 1. The molecular formula is C17H15ClN2O2S2.